The Morgan fingerprint density at radius 1 is 1.06 bits per heavy atom. The Hall–Kier alpha value is -3.99. The number of imide groups is 1. The second-order valence-electron chi connectivity index (χ2n) is 7.93. The fourth-order valence-corrected chi connectivity index (χ4v) is 3.20. The van der Waals surface area contributed by atoms with Gasteiger partial charge in [-0.2, -0.15) is 5.26 Å². The Morgan fingerprint density at radius 2 is 1.78 bits per heavy atom. The Bertz CT molecular complexity index is 1130. The van der Waals surface area contributed by atoms with E-state index in [4.69, 9.17) is 10.00 Å². The molecule has 0 spiro atoms. The number of rotatable bonds is 7. The van der Waals surface area contributed by atoms with Crippen LogP contribution in [0.3, 0.4) is 0 Å². The summed E-state index contributed by atoms with van der Waals surface area (Å²) in [4.78, 5) is 51.2. The first-order valence-corrected chi connectivity index (χ1v) is 10.2. The maximum atomic E-state index is 12.6. The van der Waals surface area contributed by atoms with Crippen molar-refractivity contribution in [3.05, 3.63) is 64.7 Å². The zero-order valence-corrected chi connectivity index (χ0v) is 18.0. The normalized spacial score (nSPS) is 13.5. The van der Waals surface area contributed by atoms with Crippen LogP contribution in [0.2, 0.25) is 0 Å². The van der Waals surface area contributed by atoms with E-state index in [0.717, 1.165) is 0 Å². The highest BCUT2D eigenvalue weighted by Crippen LogP contribution is 2.25. The second-order valence-corrected chi connectivity index (χ2v) is 7.93. The molecule has 1 heterocycles. The number of ether oxygens (including phenoxy) is 1. The highest BCUT2D eigenvalue weighted by atomic mass is 16.5. The average Bonchev–Trinajstić information content (AvgIpc) is 3.01. The van der Waals surface area contributed by atoms with Crippen molar-refractivity contribution in [1.82, 2.24) is 4.90 Å². The van der Waals surface area contributed by atoms with Crippen molar-refractivity contribution in [2.75, 3.05) is 11.9 Å². The molecule has 0 bridgehead atoms. The molecule has 1 unspecified atom stereocenters. The first-order chi connectivity index (χ1) is 15.2. The predicted octanol–water partition coefficient (Wildman–Crippen LogP) is 3.38. The summed E-state index contributed by atoms with van der Waals surface area (Å²) in [6.45, 7) is 5.73. The van der Waals surface area contributed by atoms with E-state index in [0.29, 0.717) is 30.1 Å². The lowest BCUT2D eigenvalue weighted by molar-refractivity contribution is -0.123. The Balaban J connectivity index is 1.67. The second kappa shape index (κ2) is 9.43. The van der Waals surface area contributed by atoms with E-state index < -0.39 is 23.9 Å². The minimum absolute atomic E-state index is 0.0711. The highest BCUT2D eigenvalue weighted by molar-refractivity contribution is 6.22. The molecule has 1 N–H and O–H groups in total. The third-order valence-electron chi connectivity index (χ3n) is 5.05. The van der Waals surface area contributed by atoms with Gasteiger partial charge in [-0.25, -0.2) is 4.79 Å². The van der Waals surface area contributed by atoms with Gasteiger partial charge in [-0.1, -0.05) is 19.9 Å². The van der Waals surface area contributed by atoms with Gasteiger partial charge in [-0.15, -0.1) is 0 Å². The molecule has 8 heteroatoms. The molecule has 8 nitrogen and oxygen atoms in total. The molecule has 0 aromatic heterocycles. The SMILES string of the molecule is CC(C)CCN1C(=O)c2ccc(C(=O)OC(C)C(=O)Nc3cccc(C#N)c3)cc2C1=O. The zero-order chi connectivity index (χ0) is 23.4. The van der Waals surface area contributed by atoms with Gasteiger partial charge in [-0.3, -0.25) is 19.3 Å². The Labute approximate surface area is 185 Å². The van der Waals surface area contributed by atoms with Crippen LogP contribution in [0.1, 0.15) is 63.8 Å². The standard InChI is InChI=1S/C24H23N3O5/c1-14(2)9-10-27-22(29)19-8-7-17(12-20(19)23(27)30)24(31)32-15(3)21(28)26-18-6-4-5-16(11-18)13-25/h4-8,11-12,14-15H,9-10H2,1-3H3,(H,26,28). The van der Waals surface area contributed by atoms with Gasteiger partial charge in [0.25, 0.3) is 17.7 Å². The molecular formula is C24H23N3O5. The van der Waals surface area contributed by atoms with Gasteiger partial charge in [0.05, 0.1) is 28.3 Å². The number of nitriles is 1. The van der Waals surface area contributed by atoms with Crippen molar-refractivity contribution in [2.45, 2.75) is 33.3 Å². The number of anilines is 1. The summed E-state index contributed by atoms with van der Waals surface area (Å²) < 4.78 is 5.23. The zero-order valence-electron chi connectivity index (χ0n) is 18.0. The van der Waals surface area contributed by atoms with Crippen molar-refractivity contribution < 1.29 is 23.9 Å². The summed E-state index contributed by atoms with van der Waals surface area (Å²) in [6.07, 6.45) is -0.439. The third-order valence-corrected chi connectivity index (χ3v) is 5.05. The molecule has 0 saturated carbocycles. The largest absolute Gasteiger partial charge is 0.449 e. The van der Waals surface area contributed by atoms with E-state index in [-0.39, 0.29) is 22.6 Å². The molecule has 0 saturated heterocycles. The predicted molar refractivity (Wildman–Crippen MR) is 116 cm³/mol. The number of hydrogen-bond acceptors (Lipinski definition) is 6. The summed E-state index contributed by atoms with van der Waals surface area (Å²) in [5, 5.41) is 11.5. The number of benzene rings is 2. The van der Waals surface area contributed by atoms with Gasteiger partial charge in [-0.05, 0) is 55.7 Å². The first-order valence-electron chi connectivity index (χ1n) is 10.2. The number of nitrogens with one attached hydrogen (secondary N) is 1. The lowest BCUT2D eigenvalue weighted by Gasteiger charge is -2.14. The number of hydrogen-bond donors (Lipinski definition) is 1. The van der Waals surface area contributed by atoms with E-state index >= 15 is 0 Å². The van der Waals surface area contributed by atoms with Gasteiger partial charge in [0.15, 0.2) is 6.10 Å². The lowest BCUT2D eigenvalue weighted by Crippen LogP contribution is -2.31. The molecule has 2 aromatic rings. The summed E-state index contributed by atoms with van der Waals surface area (Å²) >= 11 is 0. The summed E-state index contributed by atoms with van der Waals surface area (Å²) in [6, 6.07) is 12.5. The van der Waals surface area contributed by atoms with E-state index in [1.165, 1.54) is 36.1 Å². The number of amides is 3. The molecular weight excluding hydrogens is 410 g/mol. The maximum absolute atomic E-state index is 12.6. The van der Waals surface area contributed by atoms with Crippen LogP contribution in [0, 0.1) is 17.2 Å². The van der Waals surface area contributed by atoms with E-state index in [1.54, 1.807) is 18.2 Å². The first kappa shape index (κ1) is 22.7. The maximum Gasteiger partial charge on any atom is 0.338 e. The molecule has 0 aliphatic carbocycles. The van der Waals surface area contributed by atoms with Crippen molar-refractivity contribution in [3.8, 4) is 6.07 Å². The van der Waals surface area contributed by atoms with Gasteiger partial charge < -0.3 is 10.1 Å². The summed E-state index contributed by atoms with van der Waals surface area (Å²) in [7, 11) is 0. The third kappa shape index (κ3) is 4.83. The quantitative estimate of drug-likeness (QED) is 0.528. The van der Waals surface area contributed by atoms with Crippen LogP contribution in [0.25, 0.3) is 0 Å². The highest BCUT2D eigenvalue weighted by Gasteiger charge is 2.36. The van der Waals surface area contributed by atoms with E-state index in [2.05, 4.69) is 5.32 Å². The molecule has 32 heavy (non-hydrogen) atoms. The average molecular weight is 433 g/mol. The van der Waals surface area contributed by atoms with Gasteiger partial charge in [0, 0.05) is 12.2 Å². The van der Waals surface area contributed by atoms with E-state index in [9.17, 15) is 19.2 Å². The molecule has 0 radical (unpaired) electrons. The van der Waals surface area contributed by atoms with Crippen LogP contribution in [0.4, 0.5) is 5.69 Å². The number of nitrogens with zero attached hydrogens (tertiary/aromatic N) is 2. The topological polar surface area (TPSA) is 117 Å². The molecule has 1 aliphatic heterocycles. The van der Waals surface area contributed by atoms with Crippen molar-refractivity contribution in [3.63, 3.8) is 0 Å². The molecule has 1 aliphatic rings. The summed E-state index contributed by atoms with van der Waals surface area (Å²) in [5.74, 6) is -1.84. The molecule has 164 valence electrons. The lowest BCUT2D eigenvalue weighted by atomic mass is 10.1. The van der Waals surface area contributed by atoms with Crippen LogP contribution in [0.15, 0.2) is 42.5 Å². The summed E-state index contributed by atoms with van der Waals surface area (Å²) in [5.41, 5.74) is 1.26. The molecule has 3 amide bonds. The van der Waals surface area contributed by atoms with Crippen molar-refractivity contribution >= 4 is 29.4 Å². The minimum Gasteiger partial charge on any atom is -0.449 e. The molecule has 0 fully saturated rings. The van der Waals surface area contributed by atoms with Crippen LogP contribution >= 0.6 is 0 Å². The number of esters is 1. The van der Waals surface area contributed by atoms with E-state index in [1.807, 2.05) is 19.9 Å². The molecule has 3 rings (SSSR count). The Kier molecular flexibility index (Phi) is 6.69. The van der Waals surface area contributed by atoms with Crippen LogP contribution in [-0.2, 0) is 9.53 Å². The minimum atomic E-state index is -1.12. The van der Waals surface area contributed by atoms with Crippen LogP contribution < -0.4 is 5.32 Å². The monoisotopic (exact) mass is 433 g/mol. The number of carbonyl (C=O) groups excluding carboxylic acids is 4. The molecule has 1 atom stereocenters. The van der Waals surface area contributed by atoms with Crippen molar-refractivity contribution in [2.24, 2.45) is 5.92 Å². The van der Waals surface area contributed by atoms with Gasteiger partial charge >= 0.3 is 5.97 Å². The molecule has 2 aromatic carbocycles. The van der Waals surface area contributed by atoms with Crippen molar-refractivity contribution in [1.29, 1.82) is 5.26 Å². The Morgan fingerprint density at radius 3 is 2.47 bits per heavy atom. The smallest absolute Gasteiger partial charge is 0.338 e. The van der Waals surface area contributed by atoms with Gasteiger partial charge in [0.2, 0.25) is 0 Å². The van der Waals surface area contributed by atoms with Crippen LogP contribution in [-0.4, -0.2) is 41.2 Å². The van der Waals surface area contributed by atoms with Gasteiger partial charge in [0.1, 0.15) is 0 Å². The fourth-order valence-electron chi connectivity index (χ4n) is 3.20. The number of carbonyl (C=O) groups is 4. The fraction of sp³-hybridized carbons (Fsp3) is 0.292. The number of fused-ring (bicyclic) bond motifs is 1. The van der Waals surface area contributed by atoms with Crippen LogP contribution in [0.5, 0.6) is 0 Å².